The molecule has 1 aliphatic carbocycles. The zero-order valence-electron chi connectivity index (χ0n) is 12.1. The minimum Gasteiger partial charge on any atom is -0.396 e. The van der Waals surface area contributed by atoms with Crippen LogP contribution in [-0.2, 0) is 0 Å². The number of aliphatic hydroxyl groups is 1. The molecular weight excluding hydrogens is 224 g/mol. The van der Waals surface area contributed by atoms with E-state index in [1.165, 1.54) is 38.5 Å². The molecule has 2 fully saturated rings. The van der Waals surface area contributed by atoms with Gasteiger partial charge in [-0.3, -0.25) is 4.90 Å². The first-order chi connectivity index (χ1) is 8.72. The summed E-state index contributed by atoms with van der Waals surface area (Å²) >= 11 is 0. The highest BCUT2D eigenvalue weighted by molar-refractivity contribution is 4.89. The van der Waals surface area contributed by atoms with Crippen LogP contribution in [0, 0.1) is 0 Å². The molecule has 1 saturated heterocycles. The summed E-state index contributed by atoms with van der Waals surface area (Å²) < 4.78 is 0. The predicted molar refractivity (Wildman–Crippen MR) is 75.8 cm³/mol. The maximum Gasteiger partial charge on any atom is 0.0446 e. The molecule has 1 saturated carbocycles. The van der Waals surface area contributed by atoms with Gasteiger partial charge in [0.1, 0.15) is 0 Å². The average Bonchev–Trinajstić information content (AvgIpc) is 2.61. The SMILES string of the molecule is CC1CN(C)C(CCO)CN1C1CCCCCC1. The zero-order chi connectivity index (χ0) is 13.0. The lowest BCUT2D eigenvalue weighted by molar-refractivity contribution is 0.00924. The van der Waals surface area contributed by atoms with Crippen LogP contribution < -0.4 is 0 Å². The molecule has 2 aliphatic rings. The second-order valence-corrected chi connectivity index (χ2v) is 6.30. The van der Waals surface area contributed by atoms with Gasteiger partial charge in [0.25, 0.3) is 0 Å². The van der Waals surface area contributed by atoms with Crippen LogP contribution in [0.1, 0.15) is 51.9 Å². The lowest BCUT2D eigenvalue weighted by atomic mass is 9.99. The lowest BCUT2D eigenvalue weighted by Gasteiger charge is -2.47. The van der Waals surface area contributed by atoms with Crippen LogP contribution in [0.5, 0.6) is 0 Å². The minimum atomic E-state index is 0.321. The molecule has 2 rings (SSSR count). The third-order valence-electron chi connectivity index (χ3n) is 4.92. The first kappa shape index (κ1) is 14.3. The van der Waals surface area contributed by atoms with Crippen LogP contribution >= 0.6 is 0 Å². The van der Waals surface area contributed by atoms with Crippen molar-refractivity contribution in [1.82, 2.24) is 9.80 Å². The Morgan fingerprint density at radius 1 is 1.06 bits per heavy atom. The van der Waals surface area contributed by atoms with E-state index < -0.39 is 0 Å². The van der Waals surface area contributed by atoms with E-state index in [2.05, 4.69) is 23.8 Å². The summed E-state index contributed by atoms with van der Waals surface area (Å²) in [7, 11) is 2.21. The highest BCUT2D eigenvalue weighted by Gasteiger charge is 2.33. The molecule has 2 atom stereocenters. The molecule has 0 bridgehead atoms. The van der Waals surface area contributed by atoms with E-state index in [0.717, 1.165) is 25.6 Å². The Balaban J connectivity index is 1.96. The summed E-state index contributed by atoms with van der Waals surface area (Å²) in [4.78, 5) is 5.18. The third-order valence-corrected chi connectivity index (χ3v) is 4.92. The van der Waals surface area contributed by atoms with Gasteiger partial charge in [0.15, 0.2) is 0 Å². The van der Waals surface area contributed by atoms with Crippen LogP contribution in [-0.4, -0.2) is 59.8 Å². The molecule has 2 unspecified atom stereocenters. The average molecular weight is 254 g/mol. The van der Waals surface area contributed by atoms with Gasteiger partial charge in [-0.1, -0.05) is 25.7 Å². The van der Waals surface area contributed by atoms with Crippen molar-refractivity contribution in [2.75, 3.05) is 26.7 Å². The number of piperazine rings is 1. The second kappa shape index (κ2) is 6.88. The molecule has 0 amide bonds. The minimum absolute atomic E-state index is 0.321. The van der Waals surface area contributed by atoms with Crippen molar-refractivity contribution in [2.45, 2.75) is 70.0 Å². The lowest BCUT2D eigenvalue weighted by Crippen LogP contribution is -2.58. The van der Waals surface area contributed by atoms with E-state index in [4.69, 9.17) is 0 Å². The Morgan fingerprint density at radius 3 is 2.33 bits per heavy atom. The van der Waals surface area contributed by atoms with E-state index in [9.17, 15) is 5.11 Å². The van der Waals surface area contributed by atoms with Crippen molar-refractivity contribution in [3.8, 4) is 0 Å². The van der Waals surface area contributed by atoms with Crippen molar-refractivity contribution < 1.29 is 5.11 Å². The standard InChI is InChI=1S/C15H30N2O/c1-13-11-16(2)15(9-10-18)12-17(13)14-7-5-3-4-6-8-14/h13-15,18H,3-12H2,1-2H3. The highest BCUT2D eigenvalue weighted by Crippen LogP contribution is 2.27. The van der Waals surface area contributed by atoms with Crippen molar-refractivity contribution >= 4 is 0 Å². The number of aliphatic hydroxyl groups excluding tert-OH is 1. The van der Waals surface area contributed by atoms with Crippen LogP contribution in [0.2, 0.25) is 0 Å². The Bertz CT molecular complexity index is 239. The van der Waals surface area contributed by atoms with E-state index in [0.29, 0.717) is 18.7 Å². The maximum absolute atomic E-state index is 9.20. The molecule has 0 radical (unpaired) electrons. The summed E-state index contributed by atoms with van der Waals surface area (Å²) in [6, 6.07) is 2.03. The normalized spacial score (nSPS) is 33.5. The van der Waals surface area contributed by atoms with Gasteiger partial charge in [0, 0.05) is 37.8 Å². The predicted octanol–water partition coefficient (Wildman–Crippen LogP) is 2.10. The van der Waals surface area contributed by atoms with Gasteiger partial charge in [0.2, 0.25) is 0 Å². The van der Waals surface area contributed by atoms with E-state index in [1.54, 1.807) is 0 Å². The third kappa shape index (κ3) is 3.46. The van der Waals surface area contributed by atoms with E-state index in [-0.39, 0.29) is 0 Å². The molecule has 3 heteroatoms. The maximum atomic E-state index is 9.20. The number of hydrogen-bond acceptors (Lipinski definition) is 3. The summed E-state index contributed by atoms with van der Waals surface area (Å²) in [5, 5.41) is 9.20. The summed E-state index contributed by atoms with van der Waals surface area (Å²) in [5.41, 5.74) is 0. The largest absolute Gasteiger partial charge is 0.396 e. The first-order valence-corrected chi connectivity index (χ1v) is 7.79. The Labute approximate surface area is 112 Å². The fourth-order valence-corrected chi connectivity index (χ4v) is 3.79. The molecule has 0 aromatic heterocycles. The van der Waals surface area contributed by atoms with Gasteiger partial charge in [-0.05, 0) is 33.2 Å². The van der Waals surface area contributed by atoms with Crippen LogP contribution in [0.4, 0.5) is 0 Å². The Hall–Kier alpha value is -0.120. The molecule has 1 N–H and O–H groups in total. The van der Waals surface area contributed by atoms with Gasteiger partial charge >= 0.3 is 0 Å². The monoisotopic (exact) mass is 254 g/mol. The summed E-state index contributed by atoms with van der Waals surface area (Å²) in [6.07, 6.45) is 9.38. The van der Waals surface area contributed by atoms with Gasteiger partial charge in [0.05, 0.1) is 0 Å². The molecule has 0 aromatic rings. The molecule has 3 nitrogen and oxygen atoms in total. The van der Waals surface area contributed by atoms with Gasteiger partial charge in [-0.2, -0.15) is 0 Å². The van der Waals surface area contributed by atoms with Gasteiger partial charge in [-0.15, -0.1) is 0 Å². The smallest absolute Gasteiger partial charge is 0.0446 e. The number of hydrogen-bond donors (Lipinski definition) is 1. The Kier molecular flexibility index (Phi) is 5.46. The fourth-order valence-electron chi connectivity index (χ4n) is 3.79. The molecule has 106 valence electrons. The van der Waals surface area contributed by atoms with Crippen molar-refractivity contribution in [2.24, 2.45) is 0 Å². The number of likely N-dealkylation sites (N-methyl/N-ethyl adjacent to an activating group) is 1. The zero-order valence-corrected chi connectivity index (χ0v) is 12.1. The van der Waals surface area contributed by atoms with Crippen LogP contribution in [0.15, 0.2) is 0 Å². The fraction of sp³-hybridized carbons (Fsp3) is 1.00. The van der Waals surface area contributed by atoms with Crippen LogP contribution in [0.25, 0.3) is 0 Å². The van der Waals surface area contributed by atoms with Crippen molar-refractivity contribution in [1.29, 1.82) is 0 Å². The highest BCUT2D eigenvalue weighted by atomic mass is 16.3. The van der Waals surface area contributed by atoms with Crippen LogP contribution in [0.3, 0.4) is 0 Å². The van der Waals surface area contributed by atoms with E-state index in [1.807, 2.05) is 0 Å². The van der Waals surface area contributed by atoms with E-state index >= 15 is 0 Å². The number of rotatable bonds is 3. The summed E-state index contributed by atoms with van der Waals surface area (Å²) in [6.45, 7) is 5.00. The molecule has 1 aliphatic heterocycles. The summed E-state index contributed by atoms with van der Waals surface area (Å²) in [5.74, 6) is 0. The van der Waals surface area contributed by atoms with Gasteiger partial charge < -0.3 is 10.0 Å². The molecule has 0 aromatic carbocycles. The van der Waals surface area contributed by atoms with Crippen molar-refractivity contribution in [3.63, 3.8) is 0 Å². The first-order valence-electron chi connectivity index (χ1n) is 7.79. The topological polar surface area (TPSA) is 26.7 Å². The second-order valence-electron chi connectivity index (χ2n) is 6.30. The molecule has 18 heavy (non-hydrogen) atoms. The molecule has 1 heterocycles. The Morgan fingerprint density at radius 2 is 1.72 bits per heavy atom. The van der Waals surface area contributed by atoms with Crippen molar-refractivity contribution in [3.05, 3.63) is 0 Å². The van der Waals surface area contributed by atoms with Gasteiger partial charge in [-0.25, -0.2) is 0 Å². The number of nitrogens with zero attached hydrogens (tertiary/aromatic N) is 2. The molecular formula is C15H30N2O. The molecule has 0 spiro atoms. The quantitative estimate of drug-likeness (QED) is 0.781.